The van der Waals surface area contributed by atoms with Crippen LogP contribution in [-0.2, 0) is 16.0 Å². The van der Waals surface area contributed by atoms with Gasteiger partial charge in [0, 0.05) is 16.3 Å². The lowest BCUT2D eigenvalue weighted by Gasteiger charge is -2.05. The van der Waals surface area contributed by atoms with Crippen molar-refractivity contribution < 1.29 is 9.53 Å². The van der Waals surface area contributed by atoms with Gasteiger partial charge in [-0.1, -0.05) is 27.5 Å². The molecule has 0 spiro atoms. The highest BCUT2D eigenvalue weighted by Crippen LogP contribution is 2.29. The second-order valence-corrected chi connectivity index (χ2v) is 6.15. The van der Waals surface area contributed by atoms with E-state index in [2.05, 4.69) is 31.0 Å². The van der Waals surface area contributed by atoms with Crippen LogP contribution in [0.1, 0.15) is 12.1 Å². The fourth-order valence-electron chi connectivity index (χ4n) is 1.52. The Kier molecular flexibility index (Phi) is 5.39. The van der Waals surface area contributed by atoms with E-state index >= 15 is 0 Å². The largest absolute Gasteiger partial charge is 0.469 e. The Balaban J connectivity index is 2.00. The first-order valence-corrected chi connectivity index (χ1v) is 7.87. The van der Waals surface area contributed by atoms with Gasteiger partial charge >= 0.3 is 5.97 Å². The molecule has 20 heavy (non-hydrogen) atoms. The van der Waals surface area contributed by atoms with Crippen LogP contribution in [0.2, 0.25) is 5.02 Å². The Bertz CT molecular complexity index is 618. The predicted molar refractivity (Wildman–Crippen MR) is 84.9 cm³/mol. The van der Waals surface area contributed by atoms with Gasteiger partial charge in [0.05, 0.1) is 29.9 Å². The minimum Gasteiger partial charge on any atom is -0.469 e. The van der Waals surface area contributed by atoms with Crippen molar-refractivity contribution in [2.24, 2.45) is 0 Å². The van der Waals surface area contributed by atoms with Crippen molar-refractivity contribution >= 4 is 55.7 Å². The third kappa shape index (κ3) is 4.19. The number of thiazole rings is 1. The predicted octanol–water partition coefficient (Wildman–Crippen LogP) is 4.41. The van der Waals surface area contributed by atoms with E-state index in [0.717, 1.165) is 21.0 Å². The summed E-state index contributed by atoms with van der Waals surface area (Å²) < 4.78 is 5.52. The van der Waals surface area contributed by atoms with E-state index in [1.165, 1.54) is 18.4 Å². The molecule has 1 N–H and O–H groups in total. The van der Waals surface area contributed by atoms with Gasteiger partial charge in [0.25, 0.3) is 0 Å². The number of aryl methyl sites for hydroxylation is 1. The molecule has 106 valence electrons. The highest BCUT2D eigenvalue weighted by Gasteiger charge is 2.07. The molecule has 0 bridgehead atoms. The summed E-state index contributed by atoms with van der Waals surface area (Å²) in [6.07, 6.45) is 0.900. The molecular formula is C13H12BrClN2O2S. The van der Waals surface area contributed by atoms with Gasteiger partial charge in [-0.25, -0.2) is 4.98 Å². The summed E-state index contributed by atoms with van der Waals surface area (Å²) in [6, 6.07) is 5.59. The highest BCUT2D eigenvalue weighted by molar-refractivity contribution is 9.10. The minimum atomic E-state index is -0.233. The first-order valence-electron chi connectivity index (χ1n) is 5.82. The van der Waals surface area contributed by atoms with Crippen LogP contribution in [0.25, 0.3) is 0 Å². The number of carbonyl (C=O) groups excluding carboxylic acids is 1. The van der Waals surface area contributed by atoms with Crippen molar-refractivity contribution in [3.8, 4) is 0 Å². The van der Waals surface area contributed by atoms with Crippen molar-refractivity contribution in [2.45, 2.75) is 12.8 Å². The number of nitrogens with zero attached hydrogens (tertiary/aromatic N) is 1. The fraction of sp³-hybridized carbons (Fsp3) is 0.231. The van der Waals surface area contributed by atoms with Crippen LogP contribution in [-0.4, -0.2) is 18.1 Å². The summed E-state index contributed by atoms with van der Waals surface area (Å²) in [7, 11) is 1.38. The number of methoxy groups -OCH3 is 1. The van der Waals surface area contributed by atoms with Crippen molar-refractivity contribution in [1.29, 1.82) is 0 Å². The van der Waals surface area contributed by atoms with E-state index in [1.54, 1.807) is 0 Å². The molecule has 0 atom stereocenters. The number of carbonyl (C=O) groups is 1. The van der Waals surface area contributed by atoms with Crippen molar-refractivity contribution in [3.05, 3.63) is 38.8 Å². The van der Waals surface area contributed by atoms with Crippen LogP contribution in [0.5, 0.6) is 0 Å². The van der Waals surface area contributed by atoms with Gasteiger partial charge in [-0.15, -0.1) is 11.3 Å². The smallest absolute Gasteiger partial charge is 0.305 e. The Hall–Kier alpha value is -1.11. The maximum atomic E-state index is 11.1. The molecule has 2 rings (SSSR count). The molecular weight excluding hydrogens is 364 g/mol. The SMILES string of the molecule is COC(=O)CCc1csc(Nc2ccc(Br)cc2Cl)n1. The van der Waals surface area contributed by atoms with Crippen molar-refractivity contribution in [1.82, 2.24) is 4.98 Å². The second kappa shape index (κ2) is 7.06. The topological polar surface area (TPSA) is 51.2 Å². The third-order valence-electron chi connectivity index (χ3n) is 2.54. The number of esters is 1. The first-order chi connectivity index (χ1) is 9.58. The summed E-state index contributed by atoms with van der Waals surface area (Å²) in [5, 5.41) is 6.44. The second-order valence-electron chi connectivity index (χ2n) is 3.97. The van der Waals surface area contributed by atoms with Crippen LogP contribution < -0.4 is 5.32 Å². The van der Waals surface area contributed by atoms with Gasteiger partial charge in [0.1, 0.15) is 0 Å². The van der Waals surface area contributed by atoms with Crippen molar-refractivity contribution in [3.63, 3.8) is 0 Å². The number of hydrogen-bond donors (Lipinski definition) is 1. The van der Waals surface area contributed by atoms with E-state index in [4.69, 9.17) is 11.6 Å². The highest BCUT2D eigenvalue weighted by atomic mass is 79.9. The summed E-state index contributed by atoms with van der Waals surface area (Å²) in [5.41, 5.74) is 1.65. The van der Waals surface area contributed by atoms with Crippen LogP contribution in [0.15, 0.2) is 28.1 Å². The van der Waals surface area contributed by atoms with E-state index < -0.39 is 0 Å². The molecule has 1 aromatic carbocycles. The Labute approximate surface area is 134 Å². The number of nitrogens with one attached hydrogen (secondary N) is 1. The summed E-state index contributed by atoms with van der Waals surface area (Å²) in [4.78, 5) is 15.5. The molecule has 0 aliphatic carbocycles. The quantitative estimate of drug-likeness (QED) is 0.787. The molecule has 7 heteroatoms. The zero-order valence-electron chi connectivity index (χ0n) is 10.7. The number of aromatic nitrogens is 1. The molecule has 0 fully saturated rings. The zero-order chi connectivity index (χ0) is 14.5. The molecule has 0 unspecified atom stereocenters. The van der Waals surface area contributed by atoms with Crippen LogP contribution in [0, 0.1) is 0 Å². The van der Waals surface area contributed by atoms with Gasteiger partial charge in [0.15, 0.2) is 5.13 Å². The molecule has 1 aromatic heterocycles. The number of ether oxygens (including phenoxy) is 1. The molecule has 0 saturated heterocycles. The molecule has 2 aromatic rings. The van der Waals surface area contributed by atoms with Gasteiger partial charge in [-0.2, -0.15) is 0 Å². The Morgan fingerprint density at radius 3 is 3.05 bits per heavy atom. The van der Waals surface area contributed by atoms with E-state index in [1.807, 2.05) is 23.6 Å². The molecule has 0 saturated carbocycles. The van der Waals surface area contributed by atoms with E-state index in [0.29, 0.717) is 17.9 Å². The molecule has 0 amide bonds. The third-order valence-corrected chi connectivity index (χ3v) is 4.15. The van der Waals surface area contributed by atoms with E-state index in [9.17, 15) is 4.79 Å². The van der Waals surface area contributed by atoms with Crippen LogP contribution in [0.4, 0.5) is 10.8 Å². The first kappa shape index (κ1) is 15.3. The van der Waals surface area contributed by atoms with Crippen molar-refractivity contribution in [2.75, 3.05) is 12.4 Å². The molecule has 0 aliphatic heterocycles. The number of hydrogen-bond acceptors (Lipinski definition) is 5. The number of rotatable bonds is 5. The fourth-order valence-corrected chi connectivity index (χ4v) is 3.00. The lowest BCUT2D eigenvalue weighted by Crippen LogP contribution is -2.02. The van der Waals surface area contributed by atoms with E-state index in [-0.39, 0.29) is 5.97 Å². The van der Waals surface area contributed by atoms with Crippen LogP contribution in [0.3, 0.4) is 0 Å². The maximum absolute atomic E-state index is 11.1. The standard InChI is InChI=1S/C13H12BrClN2O2S/c1-19-12(18)5-3-9-7-20-13(16-9)17-11-4-2-8(14)6-10(11)15/h2,4,6-7H,3,5H2,1H3,(H,16,17). The Morgan fingerprint density at radius 2 is 2.35 bits per heavy atom. The lowest BCUT2D eigenvalue weighted by molar-refractivity contribution is -0.140. The molecule has 0 aliphatic rings. The minimum absolute atomic E-state index is 0.233. The average molecular weight is 376 g/mol. The average Bonchev–Trinajstić information content (AvgIpc) is 2.87. The molecule has 4 nitrogen and oxygen atoms in total. The summed E-state index contributed by atoms with van der Waals surface area (Å²) >= 11 is 11.0. The zero-order valence-corrected chi connectivity index (χ0v) is 13.8. The maximum Gasteiger partial charge on any atom is 0.305 e. The number of anilines is 2. The van der Waals surface area contributed by atoms with Gasteiger partial charge < -0.3 is 10.1 Å². The van der Waals surface area contributed by atoms with Gasteiger partial charge in [-0.3, -0.25) is 4.79 Å². The number of halogens is 2. The summed E-state index contributed by atoms with van der Waals surface area (Å²) in [6.45, 7) is 0. The Morgan fingerprint density at radius 1 is 1.55 bits per heavy atom. The van der Waals surface area contributed by atoms with Crippen LogP contribution >= 0.6 is 38.9 Å². The summed E-state index contributed by atoms with van der Waals surface area (Å²) in [5.74, 6) is -0.233. The molecule has 0 radical (unpaired) electrons. The lowest BCUT2D eigenvalue weighted by atomic mass is 10.2. The van der Waals surface area contributed by atoms with Gasteiger partial charge in [0.2, 0.25) is 0 Å². The molecule has 1 heterocycles. The number of benzene rings is 1. The van der Waals surface area contributed by atoms with Gasteiger partial charge in [-0.05, 0) is 18.2 Å². The normalized spacial score (nSPS) is 10.3. The monoisotopic (exact) mass is 374 g/mol.